The molecule has 40 heavy (non-hydrogen) atoms. The van der Waals surface area contributed by atoms with Crippen LogP contribution >= 0.6 is 46.4 Å². The first-order valence-corrected chi connectivity index (χ1v) is 15.5. The van der Waals surface area contributed by atoms with Crippen molar-refractivity contribution in [2.24, 2.45) is 0 Å². The minimum Gasteiger partial charge on any atom is -0.354 e. The van der Waals surface area contributed by atoms with Crippen molar-refractivity contribution in [3.05, 3.63) is 92.4 Å². The summed E-state index contributed by atoms with van der Waals surface area (Å²) in [6.07, 6.45) is 0.959. The molecule has 3 aromatic rings. The van der Waals surface area contributed by atoms with Crippen LogP contribution in [-0.4, -0.2) is 44.3 Å². The number of nitrogens with one attached hydrogen (secondary N) is 1. The molecule has 0 heterocycles. The number of rotatable bonds is 12. The van der Waals surface area contributed by atoms with E-state index in [-0.39, 0.29) is 34.5 Å². The highest BCUT2D eigenvalue weighted by atomic mass is 35.5. The zero-order chi connectivity index (χ0) is 29.4. The molecule has 0 aliphatic heterocycles. The van der Waals surface area contributed by atoms with Crippen molar-refractivity contribution in [1.29, 1.82) is 0 Å². The van der Waals surface area contributed by atoms with Crippen LogP contribution in [0.2, 0.25) is 20.1 Å². The minimum atomic E-state index is -4.27. The molecule has 3 rings (SSSR count). The molecule has 0 unspecified atom stereocenters. The zero-order valence-electron chi connectivity index (χ0n) is 21.9. The van der Waals surface area contributed by atoms with Gasteiger partial charge in [-0.15, -0.1) is 0 Å². The standard InChI is InChI=1S/C28H29Cl4N3O4S/c1-3-15-33-28(37)25(4-2)34(17-21-22(30)11-8-12-23(21)31)27(36)18-35(26-14-13-19(29)16-24(26)32)40(38,39)20-9-6-5-7-10-20/h5-14,16,25H,3-4,15,17-18H2,1-2H3,(H,33,37)/t25-/m0/s1. The van der Waals surface area contributed by atoms with Gasteiger partial charge in [-0.1, -0.05) is 84.5 Å². The van der Waals surface area contributed by atoms with Gasteiger partial charge < -0.3 is 10.2 Å². The molecule has 0 aliphatic rings. The lowest BCUT2D eigenvalue weighted by Gasteiger charge is -2.33. The summed E-state index contributed by atoms with van der Waals surface area (Å²) in [5.41, 5.74) is 0.491. The number of anilines is 1. The van der Waals surface area contributed by atoms with Gasteiger partial charge in [-0.2, -0.15) is 0 Å². The lowest BCUT2D eigenvalue weighted by molar-refractivity contribution is -0.140. The van der Waals surface area contributed by atoms with Gasteiger partial charge in [-0.3, -0.25) is 13.9 Å². The van der Waals surface area contributed by atoms with Crippen molar-refractivity contribution < 1.29 is 18.0 Å². The Morgan fingerprint density at radius 1 is 0.875 bits per heavy atom. The van der Waals surface area contributed by atoms with E-state index < -0.39 is 28.5 Å². The van der Waals surface area contributed by atoms with Crippen LogP contribution in [0.15, 0.2) is 71.6 Å². The molecule has 0 saturated heterocycles. The van der Waals surface area contributed by atoms with Crippen molar-refractivity contribution in [2.45, 2.75) is 44.2 Å². The van der Waals surface area contributed by atoms with E-state index in [1.54, 1.807) is 43.3 Å². The molecule has 214 valence electrons. The molecular formula is C28H29Cl4N3O4S. The van der Waals surface area contributed by atoms with E-state index in [0.29, 0.717) is 33.6 Å². The largest absolute Gasteiger partial charge is 0.354 e. The van der Waals surface area contributed by atoms with Gasteiger partial charge in [0.1, 0.15) is 12.6 Å². The molecule has 2 amide bonds. The summed E-state index contributed by atoms with van der Waals surface area (Å²) in [4.78, 5) is 28.5. The summed E-state index contributed by atoms with van der Waals surface area (Å²) < 4.78 is 28.6. The highest BCUT2D eigenvalue weighted by Gasteiger charge is 2.34. The van der Waals surface area contributed by atoms with Gasteiger partial charge in [-0.05, 0) is 55.3 Å². The van der Waals surface area contributed by atoms with Gasteiger partial charge in [0, 0.05) is 33.7 Å². The molecule has 0 aliphatic carbocycles. The quantitative estimate of drug-likeness (QED) is 0.234. The fourth-order valence-corrected chi connectivity index (χ4v) is 6.59. The molecule has 7 nitrogen and oxygen atoms in total. The van der Waals surface area contributed by atoms with E-state index in [4.69, 9.17) is 46.4 Å². The molecule has 1 N–H and O–H groups in total. The fraction of sp³-hybridized carbons (Fsp3) is 0.286. The number of nitrogens with zero attached hydrogens (tertiary/aromatic N) is 2. The van der Waals surface area contributed by atoms with Crippen LogP contribution in [-0.2, 0) is 26.2 Å². The van der Waals surface area contributed by atoms with Crippen LogP contribution in [0.3, 0.4) is 0 Å². The molecule has 0 aromatic heterocycles. The highest BCUT2D eigenvalue weighted by Crippen LogP contribution is 2.33. The van der Waals surface area contributed by atoms with E-state index in [1.165, 1.54) is 35.2 Å². The predicted octanol–water partition coefficient (Wildman–Crippen LogP) is 6.83. The van der Waals surface area contributed by atoms with Crippen molar-refractivity contribution in [1.82, 2.24) is 10.2 Å². The summed E-state index contributed by atoms with van der Waals surface area (Å²) >= 11 is 25.3. The number of sulfonamides is 1. The lowest BCUT2D eigenvalue weighted by atomic mass is 10.1. The third kappa shape index (κ3) is 7.62. The zero-order valence-corrected chi connectivity index (χ0v) is 25.8. The van der Waals surface area contributed by atoms with Crippen LogP contribution in [0.25, 0.3) is 0 Å². The normalized spacial score (nSPS) is 12.1. The fourth-order valence-electron chi connectivity index (χ4n) is 4.06. The number of hydrogen-bond donors (Lipinski definition) is 1. The van der Waals surface area contributed by atoms with Gasteiger partial charge in [0.2, 0.25) is 11.8 Å². The first kappa shape index (κ1) is 32.0. The third-order valence-corrected chi connectivity index (χ3v) is 9.13. The van der Waals surface area contributed by atoms with E-state index in [9.17, 15) is 18.0 Å². The van der Waals surface area contributed by atoms with E-state index >= 15 is 0 Å². The summed E-state index contributed by atoms with van der Waals surface area (Å²) in [7, 11) is -4.27. The Kier molecular flexibility index (Phi) is 11.5. The van der Waals surface area contributed by atoms with Gasteiger partial charge in [0.15, 0.2) is 0 Å². The molecular weight excluding hydrogens is 616 g/mol. The molecule has 3 aromatic carbocycles. The van der Waals surface area contributed by atoms with Crippen molar-refractivity contribution >= 4 is 73.9 Å². The van der Waals surface area contributed by atoms with Crippen LogP contribution < -0.4 is 9.62 Å². The van der Waals surface area contributed by atoms with Gasteiger partial charge in [-0.25, -0.2) is 8.42 Å². The van der Waals surface area contributed by atoms with E-state index in [0.717, 1.165) is 4.31 Å². The third-order valence-electron chi connectivity index (χ3n) is 6.11. The Morgan fingerprint density at radius 3 is 2.10 bits per heavy atom. The highest BCUT2D eigenvalue weighted by molar-refractivity contribution is 7.92. The first-order valence-electron chi connectivity index (χ1n) is 12.5. The number of amides is 2. The monoisotopic (exact) mass is 643 g/mol. The summed E-state index contributed by atoms with van der Waals surface area (Å²) in [5, 5.41) is 3.77. The van der Waals surface area contributed by atoms with Crippen molar-refractivity contribution in [2.75, 3.05) is 17.4 Å². The second-order valence-corrected chi connectivity index (χ2v) is 12.4. The number of carbonyl (C=O) groups is 2. The Labute approximate surface area is 255 Å². The second kappa shape index (κ2) is 14.4. The average molecular weight is 645 g/mol. The Morgan fingerprint density at radius 2 is 1.52 bits per heavy atom. The van der Waals surface area contributed by atoms with E-state index in [2.05, 4.69) is 5.32 Å². The maximum atomic E-state index is 14.1. The molecule has 0 fully saturated rings. The van der Waals surface area contributed by atoms with Gasteiger partial charge >= 0.3 is 0 Å². The molecule has 0 spiro atoms. The summed E-state index contributed by atoms with van der Waals surface area (Å²) in [6.45, 7) is 3.31. The Bertz CT molecular complexity index is 1430. The minimum absolute atomic E-state index is 0.0354. The van der Waals surface area contributed by atoms with Crippen LogP contribution in [0.4, 0.5) is 5.69 Å². The Balaban J connectivity index is 2.11. The smallest absolute Gasteiger partial charge is 0.264 e. The van der Waals surface area contributed by atoms with Gasteiger partial charge in [0.25, 0.3) is 10.0 Å². The van der Waals surface area contributed by atoms with Crippen LogP contribution in [0.5, 0.6) is 0 Å². The molecule has 0 bridgehead atoms. The Hall–Kier alpha value is -2.49. The van der Waals surface area contributed by atoms with Crippen LogP contribution in [0, 0.1) is 0 Å². The molecule has 1 atom stereocenters. The first-order chi connectivity index (χ1) is 19.0. The predicted molar refractivity (Wildman–Crippen MR) is 162 cm³/mol. The van der Waals surface area contributed by atoms with Gasteiger partial charge in [0.05, 0.1) is 15.6 Å². The number of benzene rings is 3. The number of hydrogen-bond acceptors (Lipinski definition) is 4. The van der Waals surface area contributed by atoms with E-state index in [1.807, 2.05) is 6.92 Å². The summed E-state index contributed by atoms with van der Waals surface area (Å²) in [5.74, 6) is -1.03. The second-order valence-electron chi connectivity index (χ2n) is 8.86. The lowest BCUT2D eigenvalue weighted by Crippen LogP contribution is -2.52. The van der Waals surface area contributed by atoms with Crippen LogP contribution in [0.1, 0.15) is 32.3 Å². The number of carbonyl (C=O) groups excluding carboxylic acids is 2. The van der Waals surface area contributed by atoms with Crippen molar-refractivity contribution in [3.8, 4) is 0 Å². The molecule has 12 heteroatoms. The summed E-state index contributed by atoms with van der Waals surface area (Å²) in [6, 6.07) is 16.0. The number of halogens is 4. The molecule has 0 radical (unpaired) electrons. The molecule has 0 saturated carbocycles. The average Bonchev–Trinajstić information content (AvgIpc) is 2.92. The van der Waals surface area contributed by atoms with Crippen molar-refractivity contribution in [3.63, 3.8) is 0 Å². The maximum absolute atomic E-state index is 14.1. The SMILES string of the molecule is CCCNC(=O)[C@H](CC)N(Cc1c(Cl)cccc1Cl)C(=O)CN(c1ccc(Cl)cc1Cl)S(=O)(=O)c1ccccc1. The topological polar surface area (TPSA) is 86.8 Å². The maximum Gasteiger partial charge on any atom is 0.264 e.